The van der Waals surface area contributed by atoms with Crippen LogP contribution in [0.5, 0.6) is 0 Å². The molecule has 0 aliphatic carbocycles. The molecule has 11 aromatic rings. The molecular weight excluding hydrogens is 807 g/mol. The van der Waals surface area contributed by atoms with Crippen LogP contribution in [0.15, 0.2) is 285 Å². The summed E-state index contributed by atoms with van der Waals surface area (Å²) in [6, 6.07) is 103. The molecule has 0 bridgehead atoms. The largest absolute Gasteiger partial charge is 0.310 e. The predicted octanol–water partition coefficient (Wildman–Crippen LogP) is 18.5. The van der Waals surface area contributed by atoms with Gasteiger partial charge in [-0.05, 0) is 125 Å². The Kier molecular flexibility index (Phi) is 11.5. The lowest BCUT2D eigenvalue weighted by molar-refractivity contribution is 1.28. The normalized spacial score (nSPS) is 11.0. The van der Waals surface area contributed by atoms with Crippen molar-refractivity contribution < 1.29 is 0 Å². The Balaban J connectivity index is 0.890. The van der Waals surface area contributed by atoms with E-state index >= 15 is 0 Å². The predicted molar refractivity (Wildman–Crippen MR) is 285 cm³/mol. The molecule has 11 rings (SSSR count). The average Bonchev–Trinajstić information content (AvgIpc) is 3.42. The van der Waals surface area contributed by atoms with Crippen LogP contribution in [0.2, 0.25) is 0 Å². The lowest BCUT2D eigenvalue weighted by Crippen LogP contribution is -2.10. The summed E-state index contributed by atoms with van der Waals surface area (Å²) in [5.74, 6) is 0. The van der Waals surface area contributed by atoms with Crippen molar-refractivity contribution in [3.8, 4) is 89.0 Å². The van der Waals surface area contributed by atoms with Crippen molar-refractivity contribution in [1.29, 1.82) is 0 Å². The van der Waals surface area contributed by atoms with Gasteiger partial charge in [0.05, 0.1) is 0 Å². The minimum absolute atomic E-state index is 1.09. The van der Waals surface area contributed by atoms with E-state index in [9.17, 15) is 0 Å². The van der Waals surface area contributed by atoms with Crippen LogP contribution in [-0.2, 0) is 0 Å². The summed E-state index contributed by atoms with van der Waals surface area (Å²) in [4.78, 5) is 2.37. The topological polar surface area (TPSA) is 3.24 Å². The fraction of sp³-hybridized carbons (Fsp3) is 0. The van der Waals surface area contributed by atoms with Gasteiger partial charge in [-0.2, -0.15) is 0 Å². The Bertz CT molecular complexity index is 3190. The van der Waals surface area contributed by atoms with E-state index in [1.807, 2.05) is 0 Å². The number of anilines is 3. The van der Waals surface area contributed by atoms with Crippen LogP contribution in [0, 0.1) is 0 Å². The molecule has 0 radical (unpaired) electrons. The van der Waals surface area contributed by atoms with Gasteiger partial charge in [0, 0.05) is 17.1 Å². The highest BCUT2D eigenvalue weighted by molar-refractivity contribution is 5.88. The maximum Gasteiger partial charge on any atom is 0.0467 e. The van der Waals surface area contributed by atoms with Gasteiger partial charge in [0.25, 0.3) is 0 Å². The van der Waals surface area contributed by atoms with Crippen molar-refractivity contribution in [3.63, 3.8) is 0 Å². The number of nitrogens with zero attached hydrogens (tertiary/aromatic N) is 1. The zero-order chi connectivity index (χ0) is 44.8. The summed E-state index contributed by atoms with van der Waals surface area (Å²) in [7, 11) is 0. The molecule has 0 spiro atoms. The van der Waals surface area contributed by atoms with Gasteiger partial charge in [-0.3, -0.25) is 0 Å². The number of rotatable bonds is 11. The van der Waals surface area contributed by atoms with Crippen molar-refractivity contribution in [2.24, 2.45) is 0 Å². The molecule has 0 unspecified atom stereocenters. The van der Waals surface area contributed by atoms with E-state index in [2.05, 4.69) is 290 Å². The van der Waals surface area contributed by atoms with Gasteiger partial charge in [0.15, 0.2) is 0 Å². The zero-order valence-corrected chi connectivity index (χ0v) is 37.1. The summed E-state index contributed by atoms with van der Waals surface area (Å²) in [5, 5.41) is 0. The van der Waals surface area contributed by atoms with Gasteiger partial charge in [-0.1, -0.05) is 249 Å². The first-order valence-corrected chi connectivity index (χ1v) is 23.0. The van der Waals surface area contributed by atoms with E-state index in [-0.39, 0.29) is 0 Å². The fourth-order valence-corrected chi connectivity index (χ4v) is 9.15. The highest BCUT2D eigenvalue weighted by atomic mass is 15.1. The SMILES string of the molecule is c1ccc(-c2ccc(-c3ccc(-c4ccc(N(c5ccc(-c6ccc(-c7ccc(-c8ccccc8)cc7)cc6)cc5)c5cccc(-c6ccccc6-c6ccccc6)c5)cc4)cc3)cc2)cc1. The van der Waals surface area contributed by atoms with E-state index in [0.29, 0.717) is 0 Å². The lowest BCUT2D eigenvalue weighted by atomic mass is 9.94. The zero-order valence-electron chi connectivity index (χ0n) is 37.1. The Morgan fingerprint density at radius 3 is 0.716 bits per heavy atom. The molecule has 0 saturated carbocycles. The molecule has 0 saturated heterocycles. The van der Waals surface area contributed by atoms with Gasteiger partial charge in [0.1, 0.15) is 0 Å². The smallest absolute Gasteiger partial charge is 0.0467 e. The molecule has 0 aromatic heterocycles. The molecule has 0 aliphatic rings. The van der Waals surface area contributed by atoms with E-state index in [1.165, 1.54) is 89.0 Å². The summed E-state index contributed by atoms with van der Waals surface area (Å²) in [5.41, 5.74) is 22.5. The fourth-order valence-electron chi connectivity index (χ4n) is 9.15. The quantitative estimate of drug-likeness (QED) is 0.125. The molecule has 0 heterocycles. The lowest BCUT2D eigenvalue weighted by Gasteiger charge is -2.26. The highest BCUT2D eigenvalue weighted by Crippen LogP contribution is 2.41. The van der Waals surface area contributed by atoms with Gasteiger partial charge >= 0.3 is 0 Å². The van der Waals surface area contributed by atoms with Crippen molar-refractivity contribution in [2.75, 3.05) is 4.90 Å². The second-order valence-electron chi connectivity index (χ2n) is 16.9. The van der Waals surface area contributed by atoms with Crippen molar-refractivity contribution in [3.05, 3.63) is 285 Å². The van der Waals surface area contributed by atoms with Gasteiger partial charge in [-0.25, -0.2) is 0 Å². The van der Waals surface area contributed by atoms with Crippen LogP contribution in [0.1, 0.15) is 0 Å². The van der Waals surface area contributed by atoms with Gasteiger partial charge < -0.3 is 4.90 Å². The molecule has 316 valence electrons. The maximum absolute atomic E-state index is 2.37. The summed E-state index contributed by atoms with van der Waals surface area (Å²) >= 11 is 0. The molecule has 11 aromatic carbocycles. The second-order valence-corrected chi connectivity index (χ2v) is 16.9. The Morgan fingerprint density at radius 2 is 0.388 bits per heavy atom. The number of hydrogen-bond donors (Lipinski definition) is 0. The molecule has 0 atom stereocenters. The number of hydrogen-bond acceptors (Lipinski definition) is 1. The summed E-state index contributed by atoms with van der Waals surface area (Å²) < 4.78 is 0. The van der Waals surface area contributed by atoms with Crippen LogP contribution in [0.3, 0.4) is 0 Å². The second kappa shape index (κ2) is 18.7. The Labute approximate surface area is 394 Å². The van der Waals surface area contributed by atoms with E-state index < -0.39 is 0 Å². The first-order chi connectivity index (χ1) is 33.2. The molecule has 0 N–H and O–H groups in total. The summed E-state index contributed by atoms with van der Waals surface area (Å²) in [6.07, 6.45) is 0. The first-order valence-electron chi connectivity index (χ1n) is 23.0. The van der Waals surface area contributed by atoms with Crippen LogP contribution in [0.25, 0.3) is 89.0 Å². The molecule has 1 nitrogen and oxygen atoms in total. The Hall–Kier alpha value is -8.78. The van der Waals surface area contributed by atoms with Gasteiger partial charge in [0.2, 0.25) is 0 Å². The third-order valence-electron chi connectivity index (χ3n) is 12.8. The standard InChI is InChI=1S/C66H47N/c1-4-13-48(14-5-1)50-23-27-52(28-24-50)54-31-35-56(36-32-54)58-39-43-62(44-40-58)67(64-20-12-19-61(47-64)66-22-11-10-21-65(66)60-17-8-3-9-18-60)63-45-41-59(42-46-63)57-37-33-55(34-38-57)53-29-25-51(26-30-53)49-15-6-2-7-16-49/h1-47H. The molecule has 67 heavy (non-hydrogen) atoms. The van der Waals surface area contributed by atoms with Crippen molar-refractivity contribution in [2.45, 2.75) is 0 Å². The van der Waals surface area contributed by atoms with Gasteiger partial charge in [-0.15, -0.1) is 0 Å². The van der Waals surface area contributed by atoms with E-state index in [1.54, 1.807) is 0 Å². The minimum Gasteiger partial charge on any atom is -0.310 e. The van der Waals surface area contributed by atoms with E-state index in [0.717, 1.165) is 17.1 Å². The highest BCUT2D eigenvalue weighted by Gasteiger charge is 2.16. The molecule has 0 fully saturated rings. The monoisotopic (exact) mass is 853 g/mol. The van der Waals surface area contributed by atoms with Crippen molar-refractivity contribution in [1.82, 2.24) is 0 Å². The van der Waals surface area contributed by atoms with Crippen molar-refractivity contribution >= 4 is 17.1 Å². The third kappa shape index (κ3) is 8.87. The minimum atomic E-state index is 1.09. The molecule has 0 amide bonds. The molecule has 1 heteroatoms. The maximum atomic E-state index is 2.37. The van der Waals surface area contributed by atoms with Crippen LogP contribution < -0.4 is 4.90 Å². The van der Waals surface area contributed by atoms with Crippen LogP contribution >= 0.6 is 0 Å². The number of benzene rings is 11. The Morgan fingerprint density at radius 1 is 0.149 bits per heavy atom. The van der Waals surface area contributed by atoms with E-state index in [4.69, 9.17) is 0 Å². The van der Waals surface area contributed by atoms with Crippen LogP contribution in [0.4, 0.5) is 17.1 Å². The third-order valence-corrected chi connectivity index (χ3v) is 12.8. The average molecular weight is 854 g/mol. The molecular formula is C66H47N. The summed E-state index contributed by atoms with van der Waals surface area (Å²) in [6.45, 7) is 0. The first kappa shape index (κ1) is 41.0. The molecule has 0 aliphatic heterocycles. The van der Waals surface area contributed by atoms with Crippen LogP contribution in [-0.4, -0.2) is 0 Å².